The second-order valence-corrected chi connectivity index (χ2v) is 8.61. The maximum absolute atomic E-state index is 13.0. The molecule has 2 N–H and O–H groups in total. The van der Waals surface area contributed by atoms with Crippen molar-refractivity contribution in [3.8, 4) is 0 Å². The summed E-state index contributed by atoms with van der Waals surface area (Å²) in [5.41, 5.74) is 0.663. The summed E-state index contributed by atoms with van der Waals surface area (Å²) < 4.78 is 13.0. The molecule has 1 saturated heterocycles. The largest absolute Gasteiger partial charge is 0.380 e. The Morgan fingerprint density at radius 2 is 1.55 bits per heavy atom. The number of nitrogens with one attached hydrogen (secondary N) is 1. The van der Waals surface area contributed by atoms with Crippen molar-refractivity contribution >= 4 is 17.5 Å². The molecule has 2 amide bonds. The number of piperidine rings is 1. The lowest BCUT2D eigenvalue weighted by molar-refractivity contribution is -0.138. The average molecular weight is 398 g/mol. The minimum Gasteiger partial charge on any atom is -0.380 e. The molecule has 6 heteroatoms. The van der Waals surface area contributed by atoms with Gasteiger partial charge in [0.05, 0.1) is 0 Å². The second-order valence-electron chi connectivity index (χ2n) is 8.61. The van der Waals surface area contributed by atoms with Gasteiger partial charge in [-0.15, -0.1) is 0 Å². The van der Waals surface area contributed by atoms with Gasteiger partial charge in [-0.3, -0.25) is 9.59 Å². The minimum atomic E-state index is -1.53. The third-order valence-electron chi connectivity index (χ3n) is 5.40. The van der Waals surface area contributed by atoms with E-state index in [1.54, 1.807) is 4.90 Å². The van der Waals surface area contributed by atoms with Crippen LogP contribution in [0.1, 0.15) is 49.5 Å². The third-order valence-corrected chi connectivity index (χ3v) is 5.40. The smallest absolute Gasteiger partial charge is 0.256 e. The van der Waals surface area contributed by atoms with Crippen molar-refractivity contribution in [2.75, 3.05) is 18.4 Å². The predicted octanol–water partition coefficient (Wildman–Crippen LogP) is 3.73. The molecule has 2 aromatic rings. The first-order chi connectivity index (χ1) is 13.6. The molecule has 0 radical (unpaired) electrons. The van der Waals surface area contributed by atoms with Gasteiger partial charge in [0.15, 0.2) is 0 Å². The molecular formula is C23H27FN2O3. The van der Waals surface area contributed by atoms with Gasteiger partial charge in [-0.1, -0.05) is 32.9 Å². The van der Waals surface area contributed by atoms with Crippen molar-refractivity contribution in [1.82, 2.24) is 4.90 Å². The quantitative estimate of drug-likeness (QED) is 0.828. The summed E-state index contributed by atoms with van der Waals surface area (Å²) in [6, 6.07) is 12.9. The summed E-state index contributed by atoms with van der Waals surface area (Å²) in [6.07, 6.45) is 0.289. The minimum absolute atomic E-state index is 0.0185. The second kappa shape index (κ2) is 7.95. The molecule has 0 saturated carbocycles. The summed E-state index contributed by atoms with van der Waals surface area (Å²) in [7, 11) is 0. The number of rotatable bonds is 3. The van der Waals surface area contributed by atoms with E-state index < -0.39 is 17.3 Å². The van der Waals surface area contributed by atoms with Crippen LogP contribution >= 0.6 is 0 Å². The van der Waals surface area contributed by atoms with Crippen LogP contribution in [0.15, 0.2) is 48.5 Å². The van der Waals surface area contributed by atoms with Crippen molar-refractivity contribution < 1.29 is 19.1 Å². The Balaban J connectivity index is 1.60. The molecular weight excluding hydrogens is 371 g/mol. The molecule has 1 fully saturated rings. The zero-order valence-corrected chi connectivity index (χ0v) is 17.0. The van der Waals surface area contributed by atoms with E-state index in [0.717, 1.165) is 5.56 Å². The Kier molecular flexibility index (Phi) is 5.75. The predicted molar refractivity (Wildman–Crippen MR) is 110 cm³/mol. The fourth-order valence-electron chi connectivity index (χ4n) is 3.38. The third kappa shape index (κ3) is 4.82. The Labute approximate surface area is 170 Å². The number of aliphatic hydroxyl groups is 1. The van der Waals surface area contributed by atoms with Gasteiger partial charge >= 0.3 is 0 Å². The number of anilines is 1. The summed E-state index contributed by atoms with van der Waals surface area (Å²) in [4.78, 5) is 26.7. The lowest BCUT2D eigenvalue weighted by Gasteiger charge is -2.37. The highest BCUT2D eigenvalue weighted by molar-refractivity contribution is 5.98. The van der Waals surface area contributed by atoms with E-state index in [-0.39, 0.29) is 37.3 Å². The van der Waals surface area contributed by atoms with E-state index in [1.165, 1.54) is 24.3 Å². The van der Waals surface area contributed by atoms with Crippen LogP contribution in [0.4, 0.5) is 10.1 Å². The van der Waals surface area contributed by atoms with Crippen LogP contribution in [0.5, 0.6) is 0 Å². The van der Waals surface area contributed by atoms with Crippen molar-refractivity contribution in [3.05, 3.63) is 65.5 Å². The lowest BCUT2D eigenvalue weighted by atomic mass is 9.87. The Hall–Kier alpha value is -2.73. The van der Waals surface area contributed by atoms with Gasteiger partial charge in [0.2, 0.25) is 0 Å². The van der Waals surface area contributed by atoms with E-state index in [1.807, 2.05) is 24.3 Å². The number of halogens is 1. The molecule has 1 aliphatic rings. The molecule has 5 nitrogen and oxygen atoms in total. The van der Waals surface area contributed by atoms with E-state index in [9.17, 15) is 19.1 Å². The number of hydrogen-bond donors (Lipinski definition) is 2. The fourth-order valence-corrected chi connectivity index (χ4v) is 3.38. The van der Waals surface area contributed by atoms with Gasteiger partial charge in [-0.25, -0.2) is 4.39 Å². The standard InChI is InChI=1S/C23H27FN2O3/c1-22(2,3)17-6-10-19(11-7-17)25-21(28)23(29)12-14-26(15-13-23)20(27)16-4-8-18(24)9-5-16/h4-11,29H,12-15H2,1-3H3,(H,25,28). The monoisotopic (exact) mass is 398 g/mol. The molecule has 2 aromatic carbocycles. The topological polar surface area (TPSA) is 69.6 Å². The van der Waals surface area contributed by atoms with Gasteiger partial charge in [0.25, 0.3) is 11.8 Å². The maximum Gasteiger partial charge on any atom is 0.256 e. The first kappa shape index (κ1) is 21.0. The number of likely N-dealkylation sites (tertiary alicyclic amines) is 1. The maximum atomic E-state index is 13.0. The molecule has 0 aliphatic carbocycles. The van der Waals surface area contributed by atoms with Gasteiger partial charge in [0.1, 0.15) is 11.4 Å². The number of hydrogen-bond acceptors (Lipinski definition) is 3. The number of benzene rings is 2. The molecule has 0 aromatic heterocycles. The fraction of sp³-hybridized carbons (Fsp3) is 0.391. The van der Waals surface area contributed by atoms with Crippen molar-refractivity contribution in [3.63, 3.8) is 0 Å². The Morgan fingerprint density at radius 1 is 1.00 bits per heavy atom. The molecule has 0 atom stereocenters. The van der Waals surface area contributed by atoms with Crippen LogP contribution in [0.25, 0.3) is 0 Å². The Morgan fingerprint density at radius 3 is 2.07 bits per heavy atom. The van der Waals surface area contributed by atoms with Crippen LogP contribution < -0.4 is 5.32 Å². The molecule has 0 bridgehead atoms. The normalized spacial score (nSPS) is 16.4. The summed E-state index contributed by atoms with van der Waals surface area (Å²) in [5.74, 6) is -1.10. The average Bonchev–Trinajstić information content (AvgIpc) is 2.68. The zero-order valence-electron chi connectivity index (χ0n) is 17.0. The first-order valence-electron chi connectivity index (χ1n) is 9.78. The van der Waals surface area contributed by atoms with Gasteiger partial charge in [-0.2, -0.15) is 0 Å². The molecule has 0 spiro atoms. The van der Waals surface area contributed by atoms with E-state index in [0.29, 0.717) is 11.3 Å². The van der Waals surface area contributed by atoms with Gasteiger partial charge < -0.3 is 15.3 Å². The van der Waals surface area contributed by atoms with Crippen LogP contribution in [-0.2, 0) is 10.2 Å². The SMILES string of the molecule is CC(C)(C)c1ccc(NC(=O)C2(O)CCN(C(=O)c3ccc(F)cc3)CC2)cc1. The number of carbonyl (C=O) groups excluding carboxylic acids is 2. The van der Waals surface area contributed by atoms with Crippen molar-refractivity contribution in [2.45, 2.75) is 44.6 Å². The lowest BCUT2D eigenvalue weighted by Crippen LogP contribution is -2.52. The molecule has 1 heterocycles. The molecule has 29 heavy (non-hydrogen) atoms. The highest BCUT2D eigenvalue weighted by Crippen LogP contribution is 2.27. The van der Waals surface area contributed by atoms with Crippen LogP contribution in [0.3, 0.4) is 0 Å². The van der Waals surface area contributed by atoms with E-state index >= 15 is 0 Å². The first-order valence-corrected chi connectivity index (χ1v) is 9.78. The van der Waals surface area contributed by atoms with Crippen LogP contribution in [0.2, 0.25) is 0 Å². The Bertz CT molecular complexity index is 878. The highest BCUT2D eigenvalue weighted by atomic mass is 19.1. The van der Waals surface area contributed by atoms with Gasteiger partial charge in [-0.05, 0) is 47.4 Å². The molecule has 3 rings (SSSR count). The highest BCUT2D eigenvalue weighted by Gasteiger charge is 2.40. The number of amides is 2. The zero-order chi connectivity index (χ0) is 21.2. The molecule has 154 valence electrons. The van der Waals surface area contributed by atoms with Gasteiger partial charge in [0, 0.05) is 37.2 Å². The van der Waals surface area contributed by atoms with E-state index in [4.69, 9.17) is 0 Å². The summed E-state index contributed by atoms with van der Waals surface area (Å²) >= 11 is 0. The number of carbonyl (C=O) groups is 2. The van der Waals surface area contributed by atoms with Crippen LogP contribution in [-0.4, -0.2) is 40.5 Å². The molecule has 1 aliphatic heterocycles. The van der Waals surface area contributed by atoms with E-state index in [2.05, 4.69) is 26.1 Å². The van der Waals surface area contributed by atoms with Crippen molar-refractivity contribution in [1.29, 1.82) is 0 Å². The summed E-state index contributed by atoms with van der Waals surface area (Å²) in [6.45, 7) is 6.85. The number of nitrogens with zero attached hydrogens (tertiary/aromatic N) is 1. The summed E-state index contributed by atoms with van der Waals surface area (Å²) in [5, 5.41) is 13.6. The van der Waals surface area contributed by atoms with Crippen molar-refractivity contribution in [2.24, 2.45) is 0 Å². The van der Waals surface area contributed by atoms with Crippen LogP contribution in [0, 0.1) is 5.82 Å². The molecule has 0 unspecified atom stereocenters.